The van der Waals surface area contributed by atoms with E-state index < -0.39 is 24.6 Å². The van der Waals surface area contributed by atoms with E-state index in [0.717, 1.165) is 0 Å². The Hall–Kier alpha value is -2.60. The highest BCUT2D eigenvalue weighted by molar-refractivity contribution is 5.75. The van der Waals surface area contributed by atoms with Crippen molar-refractivity contribution in [1.29, 1.82) is 0 Å². The molecule has 12 nitrogen and oxygen atoms in total. The average molecular weight is 242 g/mol. The molecule has 0 atom stereocenters. The molecule has 0 aromatic heterocycles. The lowest BCUT2D eigenvalue weighted by Gasteiger charge is -1.98. The van der Waals surface area contributed by atoms with Crippen LogP contribution in [0.2, 0.25) is 0 Å². The smallest absolute Gasteiger partial charge is 0.449 e. The summed E-state index contributed by atoms with van der Waals surface area (Å²) in [5.41, 5.74) is 0. The molecule has 0 aliphatic carbocycles. The monoisotopic (exact) mass is 242 g/mol. The van der Waals surface area contributed by atoms with Crippen LogP contribution in [-0.4, -0.2) is 34.8 Å². The average Bonchev–Trinajstić information content (AvgIpc) is 2.10. The number of carbonyl (C=O) groups excluding carboxylic acids is 2. The Balaban J connectivity index is 3.53. The highest BCUT2D eigenvalue weighted by atomic mass is 17.7. The lowest BCUT2D eigenvalue weighted by atomic mass is 11.3. The van der Waals surface area contributed by atoms with Gasteiger partial charge in [0.05, 0.1) is 0 Å². The van der Waals surface area contributed by atoms with Crippen molar-refractivity contribution in [1.82, 2.24) is 0 Å². The van der Waals surface area contributed by atoms with Gasteiger partial charge in [-0.2, -0.15) is 9.59 Å². The molecule has 2 N–H and O–H groups in total. The Morgan fingerprint density at radius 3 is 1.25 bits per heavy atom. The van der Waals surface area contributed by atoms with Crippen LogP contribution in [0.5, 0.6) is 0 Å². The summed E-state index contributed by atoms with van der Waals surface area (Å²) in [5.74, 6) is 0. The summed E-state index contributed by atoms with van der Waals surface area (Å²) < 4.78 is 6.61. The largest absolute Gasteiger partial charge is 0.553 e. The van der Waals surface area contributed by atoms with Gasteiger partial charge >= 0.3 is 24.6 Å². The highest BCUT2D eigenvalue weighted by Gasteiger charge is 2.14. The molecule has 0 unspecified atom stereocenters. The Morgan fingerprint density at radius 2 is 1.00 bits per heavy atom. The van der Waals surface area contributed by atoms with Gasteiger partial charge in [0, 0.05) is 10.1 Å². The van der Waals surface area contributed by atoms with Crippen molar-refractivity contribution in [3.05, 3.63) is 0 Å². The minimum atomic E-state index is -1.99. The Morgan fingerprint density at radius 1 is 0.688 bits per heavy atom. The van der Waals surface area contributed by atoms with Crippen LogP contribution < -0.4 is 0 Å². The van der Waals surface area contributed by atoms with E-state index in [1.807, 2.05) is 0 Å². The number of rotatable bonds is 3. The zero-order valence-electron chi connectivity index (χ0n) is 6.98. The molecule has 0 heterocycles. The van der Waals surface area contributed by atoms with Crippen LogP contribution in [-0.2, 0) is 29.3 Å². The van der Waals surface area contributed by atoms with Crippen LogP contribution in [0.1, 0.15) is 0 Å². The van der Waals surface area contributed by atoms with Crippen molar-refractivity contribution >= 4 is 24.6 Å². The molecular weight excluding hydrogens is 240 g/mol. The van der Waals surface area contributed by atoms with Crippen molar-refractivity contribution < 1.29 is 58.7 Å². The number of ether oxygens (including phenoxy) is 2. The van der Waals surface area contributed by atoms with Crippen LogP contribution in [0.15, 0.2) is 0 Å². The van der Waals surface area contributed by atoms with E-state index in [2.05, 4.69) is 29.3 Å². The number of hydrogen-bond acceptors (Lipinski definition) is 10. The molecule has 0 radical (unpaired) electrons. The normalized spacial score (nSPS) is 8.75. The third-order valence-corrected chi connectivity index (χ3v) is 0.573. The van der Waals surface area contributed by atoms with Gasteiger partial charge in [0.15, 0.2) is 0 Å². The third-order valence-electron chi connectivity index (χ3n) is 0.573. The molecule has 0 saturated carbocycles. The topological polar surface area (TPSA) is 164 Å². The van der Waals surface area contributed by atoms with Crippen molar-refractivity contribution in [3.63, 3.8) is 0 Å². The summed E-state index contributed by atoms with van der Waals surface area (Å²) in [6.07, 6.45) is -7.66. The molecule has 0 amide bonds. The second kappa shape index (κ2) is 6.80. The van der Waals surface area contributed by atoms with Gasteiger partial charge in [-0.1, -0.05) is 0 Å². The predicted molar refractivity (Wildman–Crippen MR) is 33.4 cm³/mol. The minimum absolute atomic E-state index is 1.84. The van der Waals surface area contributed by atoms with E-state index in [1.54, 1.807) is 0 Å². The summed E-state index contributed by atoms with van der Waals surface area (Å²) in [4.78, 5) is 46.5. The number of carbonyl (C=O) groups is 4. The SMILES string of the molecule is O=C(O)OC(=O)OOOOC(=O)OC(=O)O. The molecule has 12 heteroatoms. The van der Waals surface area contributed by atoms with Gasteiger partial charge in [0.1, 0.15) is 0 Å². The molecule has 0 fully saturated rings. The Bertz CT molecular complexity index is 261. The molecule has 0 aliphatic rings. The zero-order valence-corrected chi connectivity index (χ0v) is 6.98. The van der Waals surface area contributed by atoms with Gasteiger partial charge < -0.3 is 19.7 Å². The highest BCUT2D eigenvalue weighted by Crippen LogP contribution is 1.92. The quantitative estimate of drug-likeness (QED) is 0.230. The van der Waals surface area contributed by atoms with Gasteiger partial charge in [-0.3, -0.25) is 0 Å². The van der Waals surface area contributed by atoms with Crippen molar-refractivity contribution in [2.45, 2.75) is 0 Å². The summed E-state index contributed by atoms with van der Waals surface area (Å²) in [7, 11) is 0. The maximum Gasteiger partial charge on any atom is 0.553 e. The van der Waals surface area contributed by atoms with Crippen molar-refractivity contribution in [2.75, 3.05) is 0 Å². The van der Waals surface area contributed by atoms with E-state index in [0.29, 0.717) is 0 Å². The van der Waals surface area contributed by atoms with E-state index in [9.17, 15) is 19.2 Å². The fourth-order valence-corrected chi connectivity index (χ4v) is 0.260. The molecular formula is C4H2O12. The second-order valence-electron chi connectivity index (χ2n) is 1.54. The van der Waals surface area contributed by atoms with Gasteiger partial charge in [0.2, 0.25) is 0 Å². The third kappa shape index (κ3) is 8.02. The molecule has 0 aromatic rings. The Labute approximate surface area is 84.5 Å². The van der Waals surface area contributed by atoms with Gasteiger partial charge in [-0.05, 0) is 0 Å². The molecule has 90 valence electrons. The van der Waals surface area contributed by atoms with Crippen molar-refractivity contribution in [3.8, 4) is 0 Å². The molecule has 0 saturated heterocycles. The van der Waals surface area contributed by atoms with E-state index in [-0.39, 0.29) is 0 Å². The fraction of sp³-hybridized carbons (Fsp3) is 0. The minimum Gasteiger partial charge on any atom is -0.449 e. The van der Waals surface area contributed by atoms with Crippen LogP contribution in [0.3, 0.4) is 0 Å². The molecule has 0 aromatic carbocycles. The summed E-state index contributed by atoms with van der Waals surface area (Å²) >= 11 is 0. The zero-order chi connectivity index (χ0) is 12.6. The molecule has 0 spiro atoms. The molecule has 0 bridgehead atoms. The first kappa shape index (κ1) is 13.4. The first-order valence-electron chi connectivity index (χ1n) is 2.99. The first-order valence-corrected chi connectivity index (χ1v) is 2.99. The van der Waals surface area contributed by atoms with Crippen LogP contribution >= 0.6 is 0 Å². The van der Waals surface area contributed by atoms with Crippen LogP contribution in [0, 0.1) is 0 Å². The summed E-state index contributed by atoms with van der Waals surface area (Å²) in [5, 5.41) is 22.3. The van der Waals surface area contributed by atoms with Crippen LogP contribution in [0.4, 0.5) is 19.2 Å². The van der Waals surface area contributed by atoms with Gasteiger partial charge in [-0.15, -0.1) is 0 Å². The molecule has 0 rings (SSSR count). The Kier molecular flexibility index (Phi) is 5.69. The molecule has 0 aliphatic heterocycles. The van der Waals surface area contributed by atoms with E-state index in [1.165, 1.54) is 0 Å². The fourth-order valence-electron chi connectivity index (χ4n) is 0.260. The number of carboxylic acid groups (broad SMARTS) is 2. The lowest BCUT2D eigenvalue weighted by molar-refractivity contribution is -0.600. The maximum absolute atomic E-state index is 10.2. The van der Waals surface area contributed by atoms with Crippen LogP contribution in [0.25, 0.3) is 0 Å². The predicted octanol–water partition coefficient (Wildman–Crippen LogP) is 0.427. The van der Waals surface area contributed by atoms with Gasteiger partial charge in [0.25, 0.3) is 0 Å². The standard InChI is InChI=1S/C4H2O12/c5-1(6)11-3(9)13-15-16-14-4(10)12-2(7)8/h(H,5,6)(H,7,8). The van der Waals surface area contributed by atoms with E-state index >= 15 is 0 Å². The lowest BCUT2D eigenvalue weighted by Crippen LogP contribution is -2.15. The summed E-state index contributed by atoms with van der Waals surface area (Å²) in [6.45, 7) is 0. The van der Waals surface area contributed by atoms with E-state index in [4.69, 9.17) is 10.2 Å². The number of hydrogen-bond donors (Lipinski definition) is 2. The maximum atomic E-state index is 10.2. The first-order chi connectivity index (χ1) is 7.41. The second-order valence-corrected chi connectivity index (χ2v) is 1.54. The summed E-state index contributed by atoms with van der Waals surface area (Å²) in [6, 6.07) is 0. The molecule has 16 heavy (non-hydrogen) atoms. The van der Waals surface area contributed by atoms with Gasteiger partial charge in [-0.25, -0.2) is 19.4 Å². The van der Waals surface area contributed by atoms with Crippen molar-refractivity contribution in [2.24, 2.45) is 0 Å².